The lowest BCUT2D eigenvalue weighted by molar-refractivity contribution is 0.660. The third kappa shape index (κ3) is 5.59. The first-order valence-corrected chi connectivity index (χ1v) is 21.9. The fourth-order valence-electron chi connectivity index (χ4n) is 10.3. The summed E-state index contributed by atoms with van der Waals surface area (Å²) in [4.78, 5) is 15.3. The third-order valence-corrected chi connectivity index (χ3v) is 13.5. The maximum Gasteiger partial charge on any atom is 0.164 e. The molecule has 0 N–H and O–H groups in total. The first-order valence-electron chi connectivity index (χ1n) is 21.9. The van der Waals surface area contributed by atoms with Gasteiger partial charge in [0.05, 0.1) is 0 Å². The molecular formula is C60H39N3O. The molecule has 0 bridgehead atoms. The molecule has 1 aliphatic rings. The molecule has 0 fully saturated rings. The molecule has 10 aromatic carbocycles. The van der Waals surface area contributed by atoms with Crippen molar-refractivity contribution >= 4 is 54.3 Å². The Bertz CT molecular complexity index is 3830. The van der Waals surface area contributed by atoms with Crippen LogP contribution in [0, 0.1) is 0 Å². The maximum absolute atomic E-state index is 6.52. The van der Waals surface area contributed by atoms with Gasteiger partial charge in [0.25, 0.3) is 0 Å². The van der Waals surface area contributed by atoms with E-state index in [1.54, 1.807) is 0 Å². The highest BCUT2D eigenvalue weighted by molar-refractivity contribution is 6.26. The molecule has 300 valence electrons. The summed E-state index contributed by atoms with van der Waals surface area (Å²) in [7, 11) is 0. The van der Waals surface area contributed by atoms with Crippen molar-refractivity contribution in [1.29, 1.82) is 0 Å². The van der Waals surface area contributed by atoms with Crippen molar-refractivity contribution in [2.75, 3.05) is 0 Å². The van der Waals surface area contributed by atoms with E-state index in [0.717, 1.165) is 55.3 Å². The van der Waals surface area contributed by atoms with Gasteiger partial charge in [0.1, 0.15) is 11.2 Å². The van der Waals surface area contributed by atoms with E-state index in [9.17, 15) is 0 Å². The minimum absolute atomic E-state index is 0.0793. The Kier molecular flexibility index (Phi) is 7.92. The molecule has 13 rings (SSSR count). The molecule has 2 heterocycles. The summed E-state index contributed by atoms with van der Waals surface area (Å²) in [6, 6.07) is 71.4. The van der Waals surface area contributed by atoms with E-state index >= 15 is 0 Å². The monoisotopic (exact) mass is 817 g/mol. The van der Waals surface area contributed by atoms with Crippen LogP contribution in [0.5, 0.6) is 0 Å². The smallest absolute Gasteiger partial charge is 0.164 e. The number of hydrogen-bond donors (Lipinski definition) is 0. The standard InChI is InChI=1S/C60H39N3O/c1-60(2)52-21-11-10-19-48(52)50-35-41(28-31-53(50)60)59-62-57(37-13-4-3-5-14-37)61-58(63-59)38-25-23-36(24-26-38)42-20-12-22-55-56(42)51-34-40(29-32-54(51)64-55)39-27-30-47-45-17-7-6-15-43(45)44-16-8-9-18-46(44)49(47)33-39/h3-35H,1-2H3. The van der Waals surface area contributed by atoms with Crippen LogP contribution in [0.25, 0.3) is 122 Å². The van der Waals surface area contributed by atoms with E-state index < -0.39 is 0 Å². The zero-order valence-electron chi connectivity index (χ0n) is 35.3. The largest absolute Gasteiger partial charge is 0.456 e. The first kappa shape index (κ1) is 36.4. The van der Waals surface area contributed by atoms with E-state index in [2.05, 4.69) is 196 Å². The Morgan fingerprint density at radius 3 is 1.53 bits per heavy atom. The summed E-state index contributed by atoms with van der Waals surface area (Å²) in [5.74, 6) is 1.92. The predicted octanol–water partition coefficient (Wildman–Crippen LogP) is 15.9. The Morgan fingerprint density at radius 1 is 0.312 bits per heavy atom. The molecule has 12 aromatic rings. The number of nitrogens with zero attached hydrogens (tertiary/aromatic N) is 3. The Hall–Kier alpha value is -8.21. The highest BCUT2D eigenvalue weighted by Gasteiger charge is 2.35. The summed E-state index contributed by atoms with van der Waals surface area (Å²) in [6.45, 7) is 4.61. The second kappa shape index (κ2) is 13.9. The second-order valence-electron chi connectivity index (χ2n) is 17.5. The molecule has 0 unspecified atom stereocenters. The molecule has 64 heavy (non-hydrogen) atoms. The topological polar surface area (TPSA) is 51.8 Å². The number of furan rings is 1. The van der Waals surface area contributed by atoms with Gasteiger partial charge in [-0.25, -0.2) is 15.0 Å². The summed E-state index contributed by atoms with van der Waals surface area (Å²) < 4.78 is 6.52. The van der Waals surface area contributed by atoms with Gasteiger partial charge in [-0.15, -0.1) is 0 Å². The Labute approximate surface area is 370 Å². The molecule has 0 spiro atoms. The molecule has 0 atom stereocenters. The summed E-state index contributed by atoms with van der Waals surface area (Å²) in [5.41, 5.74) is 14.2. The van der Waals surface area contributed by atoms with Crippen LogP contribution in [-0.2, 0) is 5.41 Å². The molecule has 4 heteroatoms. The van der Waals surface area contributed by atoms with Crippen LogP contribution in [0.1, 0.15) is 25.0 Å². The van der Waals surface area contributed by atoms with Crippen LogP contribution in [-0.4, -0.2) is 15.0 Å². The molecule has 0 radical (unpaired) electrons. The average molecular weight is 818 g/mol. The second-order valence-corrected chi connectivity index (χ2v) is 17.5. The maximum atomic E-state index is 6.52. The zero-order valence-corrected chi connectivity index (χ0v) is 35.3. The van der Waals surface area contributed by atoms with Crippen molar-refractivity contribution in [3.05, 3.63) is 211 Å². The number of aromatic nitrogens is 3. The quantitative estimate of drug-likeness (QED) is 0.162. The van der Waals surface area contributed by atoms with Gasteiger partial charge in [-0.3, -0.25) is 0 Å². The third-order valence-electron chi connectivity index (χ3n) is 13.5. The van der Waals surface area contributed by atoms with Gasteiger partial charge in [-0.1, -0.05) is 184 Å². The summed E-state index contributed by atoms with van der Waals surface area (Å²) in [6.07, 6.45) is 0. The minimum atomic E-state index is -0.0793. The predicted molar refractivity (Wildman–Crippen MR) is 264 cm³/mol. The summed E-state index contributed by atoms with van der Waals surface area (Å²) >= 11 is 0. The lowest BCUT2D eigenvalue weighted by atomic mass is 9.82. The highest BCUT2D eigenvalue weighted by atomic mass is 16.3. The van der Waals surface area contributed by atoms with Crippen LogP contribution < -0.4 is 0 Å². The molecule has 1 aliphatic carbocycles. The van der Waals surface area contributed by atoms with Crippen molar-refractivity contribution in [2.24, 2.45) is 0 Å². The van der Waals surface area contributed by atoms with E-state index in [0.29, 0.717) is 17.5 Å². The summed E-state index contributed by atoms with van der Waals surface area (Å²) in [5, 5.41) is 9.81. The fourth-order valence-corrected chi connectivity index (χ4v) is 10.3. The molecule has 2 aromatic heterocycles. The SMILES string of the molecule is CC1(C)c2ccccc2-c2cc(-c3nc(-c4ccccc4)nc(-c4ccc(-c5cccc6oc7ccc(-c8ccc9c%10ccccc%10c%10ccccc%10c9c8)cc7c56)cc4)n3)ccc21. The number of benzene rings is 10. The molecular weight excluding hydrogens is 779 g/mol. The normalized spacial score (nSPS) is 13.0. The van der Waals surface area contributed by atoms with Crippen LogP contribution in [0.4, 0.5) is 0 Å². The van der Waals surface area contributed by atoms with Crippen LogP contribution >= 0.6 is 0 Å². The van der Waals surface area contributed by atoms with Crippen molar-refractivity contribution in [1.82, 2.24) is 15.0 Å². The fraction of sp³-hybridized carbons (Fsp3) is 0.0500. The molecule has 0 saturated heterocycles. The van der Waals surface area contributed by atoms with Crippen molar-refractivity contribution in [3.8, 4) is 67.5 Å². The Balaban J connectivity index is 0.903. The van der Waals surface area contributed by atoms with Crippen LogP contribution in [0.3, 0.4) is 0 Å². The van der Waals surface area contributed by atoms with Gasteiger partial charge >= 0.3 is 0 Å². The number of hydrogen-bond acceptors (Lipinski definition) is 4. The van der Waals surface area contributed by atoms with Gasteiger partial charge in [0.2, 0.25) is 0 Å². The van der Waals surface area contributed by atoms with Gasteiger partial charge in [0, 0.05) is 32.9 Å². The van der Waals surface area contributed by atoms with Crippen molar-refractivity contribution in [3.63, 3.8) is 0 Å². The lowest BCUT2D eigenvalue weighted by Gasteiger charge is -2.21. The first-order chi connectivity index (χ1) is 31.5. The minimum Gasteiger partial charge on any atom is -0.456 e. The molecule has 0 amide bonds. The van der Waals surface area contributed by atoms with Gasteiger partial charge in [0.15, 0.2) is 17.5 Å². The van der Waals surface area contributed by atoms with Crippen molar-refractivity contribution < 1.29 is 4.42 Å². The molecule has 0 aliphatic heterocycles. The lowest BCUT2D eigenvalue weighted by Crippen LogP contribution is -2.14. The number of rotatable bonds is 5. The van der Waals surface area contributed by atoms with E-state index in [4.69, 9.17) is 19.4 Å². The number of fused-ring (bicyclic) bond motifs is 12. The van der Waals surface area contributed by atoms with Gasteiger partial charge in [-0.05, 0) is 107 Å². The van der Waals surface area contributed by atoms with E-state index in [1.165, 1.54) is 60.1 Å². The molecule has 4 nitrogen and oxygen atoms in total. The Morgan fingerprint density at radius 2 is 0.812 bits per heavy atom. The van der Waals surface area contributed by atoms with Crippen LogP contribution in [0.15, 0.2) is 205 Å². The van der Waals surface area contributed by atoms with E-state index in [1.807, 2.05) is 18.2 Å². The average Bonchev–Trinajstić information content (AvgIpc) is 3.85. The van der Waals surface area contributed by atoms with Crippen LogP contribution in [0.2, 0.25) is 0 Å². The van der Waals surface area contributed by atoms with Gasteiger partial charge in [-0.2, -0.15) is 0 Å². The zero-order chi connectivity index (χ0) is 42.5. The molecule has 0 saturated carbocycles. The van der Waals surface area contributed by atoms with Crippen molar-refractivity contribution in [2.45, 2.75) is 19.3 Å². The van der Waals surface area contributed by atoms with E-state index in [-0.39, 0.29) is 5.41 Å². The van der Waals surface area contributed by atoms with Gasteiger partial charge < -0.3 is 4.42 Å². The highest BCUT2D eigenvalue weighted by Crippen LogP contribution is 2.49.